The topological polar surface area (TPSA) is 20.7 Å². The van der Waals surface area contributed by atoms with Gasteiger partial charge in [-0.05, 0) is 56.6 Å². The van der Waals surface area contributed by atoms with Crippen LogP contribution in [0.15, 0.2) is 18.2 Å². The molecule has 92 valence electrons. The van der Waals surface area contributed by atoms with E-state index in [4.69, 9.17) is 12.2 Å². The summed E-state index contributed by atoms with van der Waals surface area (Å²) in [6, 6.07) is 6.45. The number of aromatic amines is 1. The van der Waals surface area contributed by atoms with Gasteiger partial charge >= 0.3 is 0 Å². The van der Waals surface area contributed by atoms with Gasteiger partial charge in [0.15, 0.2) is 4.77 Å². The van der Waals surface area contributed by atoms with E-state index >= 15 is 0 Å². The molecule has 0 bridgehead atoms. The van der Waals surface area contributed by atoms with E-state index < -0.39 is 0 Å². The number of hydrogen-bond donors (Lipinski definition) is 1. The molecule has 0 aliphatic carbocycles. The Balaban J connectivity index is 2.80. The normalized spacial score (nSPS) is 12.2. The summed E-state index contributed by atoms with van der Waals surface area (Å²) in [6.45, 7) is 8.84. The number of rotatable bonds is 3. The lowest BCUT2D eigenvalue weighted by Gasteiger charge is -2.29. The van der Waals surface area contributed by atoms with Gasteiger partial charge in [-0.3, -0.25) is 0 Å². The zero-order valence-corrected chi connectivity index (χ0v) is 11.8. The lowest BCUT2D eigenvalue weighted by Crippen LogP contribution is -2.28. The fraction of sp³-hybridized carbons (Fsp3) is 0.500. The third-order valence-electron chi connectivity index (χ3n) is 3.90. The fourth-order valence-corrected chi connectivity index (χ4v) is 2.74. The Labute approximate surface area is 108 Å². The molecule has 1 aromatic carbocycles. The molecule has 2 rings (SSSR count). The van der Waals surface area contributed by atoms with E-state index in [0.717, 1.165) is 23.1 Å². The average molecular weight is 248 g/mol. The van der Waals surface area contributed by atoms with E-state index in [1.807, 2.05) is 0 Å². The Hall–Kier alpha value is -1.09. The number of nitrogens with one attached hydrogen (secondary N) is 1. The van der Waals surface area contributed by atoms with Crippen molar-refractivity contribution >= 4 is 23.3 Å². The van der Waals surface area contributed by atoms with Gasteiger partial charge in [-0.15, -0.1) is 0 Å². The first-order valence-corrected chi connectivity index (χ1v) is 6.64. The quantitative estimate of drug-likeness (QED) is 0.791. The van der Waals surface area contributed by atoms with Crippen LogP contribution in [-0.2, 0) is 5.54 Å². The van der Waals surface area contributed by atoms with Gasteiger partial charge in [-0.2, -0.15) is 0 Å². The zero-order chi connectivity index (χ0) is 12.6. The maximum Gasteiger partial charge on any atom is 0.178 e. The van der Waals surface area contributed by atoms with E-state index in [9.17, 15) is 0 Å². The molecule has 1 N–H and O–H groups in total. The predicted molar refractivity (Wildman–Crippen MR) is 76.1 cm³/mol. The third kappa shape index (κ3) is 1.93. The number of hydrogen-bond acceptors (Lipinski definition) is 1. The Bertz CT molecular complexity index is 588. The van der Waals surface area contributed by atoms with Crippen molar-refractivity contribution < 1.29 is 0 Å². The Morgan fingerprint density at radius 3 is 2.53 bits per heavy atom. The van der Waals surface area contributed by atoms with Crippen LogP contribution in [-0.4, -0.2) is 9.55 Å². The summed E-state index contributed by atoms with van der Waals surface area (Å²) in [7, 11) is 0. The smallest absolute Gasteiger partial charge is 0.178 e. The second-order valence-electron chi connectivity index (χ2n) is 4.99. The van der Waals surface area contributed by atoms with Crippen LogP contribution in [0.25, 0.3) is 11.0 Å². The van der Waals surface area contributed by atoms with Gasteiger partial charge in [0.2, 0.25) is 0 Å². The monoisotopic (exact) mass is 248 g/mol. The molecule has 0 spiro atoms. The lowest BCUT2D eigenvalue weighted by molar-refractivity contribution is 0.299. The number of aromatic nitrogens is 2. The third-order valence-corrected chi connectivity index (χ3v) is 4.19. The van der Waals surface area contributed by atoms with Crippen LogP contribution in [0.4, 0.5) is 0 Å². The molecule has 3 heteroatoms. The maximum absolute atomic E-state index is 5.48. The van der Waals surface area contributed by atoms with Crippen molar-refractivity contribution in [3.8, 4) is 0 Å². The molecule has 0 saturated heterocycles. The summed E-state index contributed by atoms with van der Waals surface area (Å²) in [5.41, 5.74) is 3.73. The van der Waals surface area contributed by atoms with Crippen molar-refractivity contribution in [2.45, 2.75) is 46.1 Å². The van der Waals surface area contributed by atoms with Crippen molar-refractivity contribution in [3.63, 3.8) is 0 Å². The SMILES string of the molecule is CCC(C)(CC)n1c(=S)[nH]c2ccc(C)cc21. The molecule has 0 aliphatic heterocycles. The molecule has 0 fully saturated rings. The van der Waals surface area contributed by atoms with Crippen molar-refractivity contribution in [2.24, 2.45) is 0 Å². The minimum Gasteiger partial charge on any atom is -0.331 e. The zero-order valence-electron chi connectivity index (χ0n) is 11.0. The molecule has 17 heavy (non-hydrogen) atoms. The van der Waals surface area contributed by atoms with E-state index in [-0.39, 0.29) is 5.54 Å². The molecule has 2 aromatic rings. The Kier molecular flexibility index (Phi) is 3.13. The lowest BCUT2D eigenvalue weighted by atomic mass is 9.95. The summed E-state index contributed by atoms with van der Waals surface area (Å²) >= 11 is 5.48. The first-order chi connectivity index (χ1) is 8.01. The molecule has 0 aliphatic rings. The highest BCUT2D eigenvalue weighted by Gasteiger charge is 2.24. The number of fused-ring (bicyclic) bond motifs is 1. The Morgan fingerprint density at radius 2 is 1.94 bits per heavy atom. The average Bonchev–Trinajstić information content (AvgIpc) is 2.64. The van der Waals surface area contributed by atoms with Gasteiger partial charge in [-0.25, -0.2) is 0 Å². The molecular weight excluding hydrogens is 228 g/mol. The minimum absolute atomic E-state index is 0.100. The number of H-pyrrole nitrogens is 1. The summed E-state index contributed by atoms with van der Waals surface area (Å²) in [5, 5.41) is 0. The first kappa shape index (κ1) is 12.4. The number of aryl methyl sites for hydroxylation is 1. The largest absolute Gasteiger partial charge is 0.331 e. The van der Waals surface area contributed by atoms with Gasteiger partial charge in [0.1, 0.15) is 0 Å². The van der Waals surface area contributed by atoms with Gasteiger partial charge in [0.05, 0.1) is 11.0 Å². The maximum atomic E-state index is 5.48. The molecular formula is C14H20N2S. The fourth-order valence-electron chi connectivity index (χ4n) is 2.32. The van der Waals surface area contributed by atoms with Crippen molar-refractivity contribution in [1.82, 2.24) is 9.55 Å². The van der Waals surface area contributed by atoms with Gasteiger partial charge in [0.25, 0.3) is 0 Å². The van der Waals surface area contributed by atoms with Crippen molar-refractivity contribution in [1.29, 1.82) is 0 Å². The predicted octanol–water partition coefficient (Wildman–Crippen LogP) is 4.54. The van der Waals surface area contributed by atoms with E-state index in [0.29, 0.717) is 0 Å². The van der Waals surface area contributed by atoms with Gasteiger partial charge in [-0.1, -0.05) is 19.9 Å². The minimum atomic E-state index is 0.100. The standard InChI is InChI=1S/C14H20N2S/c1-5-14(4,6-2)16-12-9-10(3)7-8-11(12)15-13(16)17/h7-9H,5-6H2,1-4H3,(H,15,17). The van der Waals surface area contributed by atoms with Gasteiger partial charge in [0, 0.05) is 5.54 Å². The second kappa shape index (κ2) is 4.30. The van der Waals surface area contributed by atoms with Gasteiger partial charge < -0.3 is 9.55 Å². The summed E-state index contributed by atoms with van der Waals surface area (Å²) in [5.74, 6) is 0. The highest BCUT2D eigenvalue weighted by molar-refractivity contribution is 7.71. The highest BCUT2D eigenvalue weighted by Crippen LogP contribution is 2.29. The summed E-state index contributed by atoms with van der Waals surface area (Å²) in [6.07, 6.45) is 2.16. The Morgan fingerprint density at radius 1 is 1.29 bits per heavy atom. The number of benzene rings is 1. The molecule has 0 amide bonds. The van der Waals surface area contributed by atoms with E-state index in [1.54, 1.807) is 0 Å². The summed E-state index contributed by atoms with van der Waals surface area (Å²) in [4.78, 5) is 3.31. The summed E-state index contributed by atoms with van der Waals surface area (Å²) < 4.78 is 3.11. The number of imidazole rings is 1. The van der Waals surface area contributed by atoms with Crippen LogP contribution in [0, 0.1) is 11.7 Å². The van der Waals surface area contributed by atoms with Crippen LogP contribution in [0.2, 0.25) is 0 Å². The van der Waals surface area contributed by atoms with Crippen molar-refractivity contribution in [2.75, 3.05) is 0 Å². The van der Waals surface area contributed by atoms with E-state index in [1.165, 1.54) is 11.1 Å². The van der Waals surface area contributed by atoms with Crippen LogP contribution < -0.4 is 0 Å². The van der Waals surface area contributed by atoms with E-state index in [2.05, 4.69) is 55.4 Å². The molecule has 0 atom stereocenters. The number of nitrogens with zero attached hydrogens (tertiary/aromatic N) is 1. The highest BCUT2D eigenvalue weighted by atomic mass is 32.1. The first-order valence-electron chi connectivity index (χ1n) is 6.23. The van der Waals surface area contributed by atoms with Crippen LogP contribution in [0.1, 0.15) is 39.2 Å². The molecule has 1 heterocycles. The molecule has 0 unspecified atom stereocenters. The van der Waals surface area contributed by atoms with Crippen LogP contribution in [0.5, 0.6) is 0 Å². The van der Waals surface area contributed by atoms with Crippen LogP contribution in [0.3, 0.4) is 0 Å². The van der Waals surface area contributed by atoms with Crippen molar-refractivity contribution in [3.05, 3.63) is 28.5 Å². The van der Waals surface area contributed by atoms with Crippen LogP contribution >= 0.6 is 12.2 Å². The molecule has 2 nitrogen and oxygen atoms in total. The second-order valence-corrected chi connectivity index (χ2v) is 5.38. The molecule has 0 radical (unpaired) electrons. The molecule has 1 aromatic heterocycles. The molecule has 0 saturated carbocycles.